The van der Waals surface area contributed by atoms with Crippen LogP contribution in [0.15, 0.2) is 41.5 Å². The minimum atomic E-state index is -0.271. The Balaban J connectivity index is 1.60. The predicted octanol–water partition coefficient (Wildman–Crippen LogP) is 1.53. The minimum Gasteiger partial charge on any atom is -0.338 e. The van der Waals surface area contributed by atoms with Gasteiger partial charge in [0.25, 0.3) is 0 Å². The Hall–Kier alpha value is -3.03. The zero-order valence-electron chi connectivity index (χ0n) is 14.6. The first-order valence-corrected chi connectivity index (χ1v) is 8.13. The fourth-order valence-corrected chi connectivity index (χ4v) is 2.82. The van der Waals surface area contributed by atoms with E-state index in [9.17, 15) is 9.59 Å². The number of aromatic nitrogens is 4. The van der Waals surface area contributed by atoms with Gasteiger partial charge in [0.05, 0.1) is 11.0 Å². The van der Waals surface area contributed by atoms with E-state index in [0.29, 0.717) is 12.2 Å². The first kappa shape index (κ1) is 16.8. The molecule has 8 heteroatoms. The van der Waals surface area contributed by atoms with Crippen molar-refractivity contribution in [2.24, 2.45) is 20.0 Å². The Morgan fingerprint density at radius 1 is 1.24 bits per heavy atom. The summed E-state index contributed by atoms with van der Waals surface area (Å²) in [5, 5.41) is 9.82. The van der Waals surface area contributed by atoms with Crippen molar-refractivity contribution >= 4 is 22.8 Å². The second-order valence-electron chi connectivity index (χ2n) is 6.27. The van der Waals surface area contributed by atoms with Gasteiger partial charge in [0.15, 0.2) is 0 Å². The standard InChI is InChI=1S/C17H22N6O2/c1-12(11-23-8-4-7-19-23)10-18-16(24)20-13-5-6-14-15(9-13)22(3)17(25)21(14)2/h4-9,12H,10-11H2,1-3H3,(H2,18,20,24). The van der Waals surface area contributed by atoms with E-state index in [0.717, 1.165) is 17.6 Å². The summed E-state index contributed by atoms with van der Waals surface area (Å²) in [5.41, 5.74) is 2.15. The lowest BCUT2D eigenvalue weighted by Crippen LogP contribution is -2.33. The van der Waals surface area contributed by atoms with Gasteiger partial charge in [-0.2, -0.15) is 5.10 Å². The van der Waals surface area contributed by atoms with Gasteiger partial charge in [-0.3, -0.25) is 13.8 Å². The third-order valence-corrected chi connectivity index (χ3v) is 4.20. The molecule has 8 nitrogen and oxygen atoms in total. The maximum Gasteiger partial charge on any atom is 0.328 e. The molecule has 25 heavy (non-hydrogen) atoms. The smallest absolute Gasteiger partial charge is 0.328 e. The van der Waals surface area contributed by atoms with Gasteiger partial charge in [-0.15, -0.1) is 0 Å². The van der Waals surface area contributed by atoms with Crippen molar-refractivity contribution in [1.29, 1.82) is 0 Å². The van der Waals surface area contributed by atoms with Crippen LogP contribution in [0.3, 0.4) is 0 Å². The fraction of sp³-hybridized carbons (Fsp3) is 0.353. The predicted molar refractivity (Wildman–Crippen MR) is 96.6 cm³/mol. The van der Waals surface area contributed by atoms with Crippen LogP contribution in [0, 0.1) is 5.92 Å². The summed E-state index contributed by atoms with van der Waals surface area (Å²) in [4.78, 5) is 24.0. The summed E-state index contributed by atoms with van der Waals surface area (Å²) < 4.78 is 4.98. The second kappa shape index (κ2) is 6.84. The minimum absolute atomic E-state index is 0.0935. The number of nitrogens with zero attached hydrogens (tertiary/aromatic N) is 4. The first-order valence-electron chi connectivity index (χ1n) is 8.13. The lowest BCUT2D eigenvalue weighted by molar-refractivity contribution is 0.249. The van der Waals surface area contributed by atoms with Crippen molar-refractivity contribution in [2.75, 3.05) is 11.9 Å². The number of rotatable bonds is 5. The summed E-state index contributed by atoms with van der Waals surface area (Å²) in [6, 6.07) is 7.01. The van der Waals surface area contributed by atoms with Crippen LogP contribution in [-0.4, -0.2) is 31.5 Å². The lowest BCUT2D eigenvalue weighted by Gasteiger charge is -2.13. The van der Waals surface area contributed by atoms with Crippen molar-refractivity contribution in [3.8, 4) is 0 Å². The Bertz CT molecular complexity index is 938. The normalized spacial score (nSPS) is 12.3. The molecule has 3 rings (SSSR count). The third-order valence-electron chi connectivity index (χ3n) is 4.20. The van der Waals surface area contributed by atoms with Gasteiger partial charge in [0.2, 0.25) is 0 Å². The van der Waals surface area contributed by atoms with Crippen LogP contribution in [0.2, 0.25) is 0 Å². The van der Waals surface area contributed by atoms with Crippen LogP contribution in [0.25, 0.3) is 11.0 Å². The quantitative estimate of drug-likeness (QED) is 0.737. The molecule has 2 aromatic heterocycles. The zero-order chi connectivity index (χ0) is 18.0. The average Bonchev–Trinajstić information content (AvgIpc) is 3.17. The molecule has 0 saturated heterocycles. The summed E-state index contributed by atoms with van der Waals surface area (Å²) in [6.45, 7) is 3.33. The summed E-state index contributed by atoms with van der Waals surface area (Å²) in [5.74, 6) is 0.253. The number of anilines is 1. The van der Waals surface area contributed by atoms with Gasteiger partial charge in [0.1, 0.15) is 0 Å². The van der Waals surface area contributed by atoms with Crippen molar-refractivity contribution in [2.45, 2.75) is 13.5 Å². The molecule has 1 atom stereocenters. The molecule has 2 N–H and O–H groups in total. The number of imidazole rings is 1. The van der Waals surface area contributed by atoms with Crippen molar-refractivity contribution in [3.63, 3.8) is 0 Å². The molecule has 0 fully saturated rings. The lowest BCUT2D eigenvalue weighted by atomic mass is 10.2. The number of benzene rings is 1. The number of hydrogen-bond acceptors (Lipinski definition) is 3. The first-order chi connectivity index (χ1) is 12.0. The van der Waals surface area contributed by atoms with Gasteiger partial charge < -0.3 is 10.6 Å². The number of hydrogen-bond donors (Lipinski definition) is 2. The van der Waals surface area contributed by atoms with E-state index in [1.807, 2.05) is 29.9 Å². The number of amides is 2. The van der Waals surface area contributed by atoms with Crippen LogP contribution in [0.5, 0.6) is 0 Å². The molecule has 0 bridgehead atoms. The van der Waals surface area contributed by atoms with Crippen molar-refractivity contribution in [1.82, 2.24) is 24.2 Å². The number of aryl methyl sites for hydroxylation is 2. The molecule has 0 aliphatic rings. The van der Waals surface area contributed by atoms with Crippen LogP contribution in [0.4, 0.5) is 10.5 Å². The molecule has 3 aromatic rings. The van der Waals surface area contributed by atoms with Gasteiger partial charge in [0, 0.05) is 45.3 Å². The molecule has 1 aromatic carbocycles. The largest absolute Gasteiger partial charge is 0.338 e. The van der Waals surface area contributed by atoms with Gasteiger partial charge in [-0.1, -0.05) is 6.92 Å². The van der Waals surface area contributed by atoms with Crippen LogP contribution < -0.4 is 16.3 Å². The molecule has 2 heterocycles. The van der Waals surface area contributed by atoms with E-state index in [1.165, 1.54) is 0 Å². The number of carbonyl (C=O) groups excluding carboxylic acids is 1. The topological polar surface area (TPSA) is 85.9 Å². The van der Waals surface area contributed by atoms with Crippen LogP contribution in [-0.2, 0) is 20.6 Å². The maximum atomic E-state index is 12.1. The molecule has 1 unspecified atom stereocenters. The number of fused-ring (bicyclic) bond motifs is 1. The van der Waals surface area contributed by atoms with E-state index in [4.69, 9.17) is 0 Å². The van der Waals surface area contributed by atoms with Gasteiger partial charge in [-0.05, 0) is 30.2 Å². The highest BCUT2D eigenvalue weighted by atomic mass is 16.2. The highest BCUT2D eigenvalue weighted by molar-refractivity contribution is 5.92. The molecular weight excluding hydrogens is 320 g/mol. The second-order valence-corrected chi connectivity index (χ2v) is 6.27. The highest BCUT2D eigenvalue weighted by Crippen LogP contribution is 2.17. The summed E-state index contributed by atoms with van der Waals surface area (Å²) in [7, 11) is 3.44. The van der Waals surface area contributed by atoms with Crippen molar-refractivity contribution < 1.29 is 4.79 Å². The highest BCUT2D eigenvalue weighted by Gasteiger charge is 2.10. The average molecular weight is 342 g/mol. The molecule has 0 saturated carbocycles. The molecule has 0 spiro atoms. The number of nitrogens with one attached hydrogen (secondary N) is 2. The molecule has 0 aliphatic carbocycles. The van der Waals surface area contributed by atoms with Gasteiger partial charge >= 0.3 is 11.7 Å². The molecule has 2 amide bonds. The van der Waals surface area contributed by atoms with Crippen LogP contribution >= 0.6 is 0 Å². The molecule has 0 radical (unpaired) electrons. The van der Waals surface area contributed by atoms with Gasteiger partial charge in [-0.25, -0.2) is 9.59 Å². The summed E-state index contributed by atoms with van der Waals surface area (Å²) in [6.07, 6.45) is 3.63. The van der Waals surface area contributed by atoms with Crippen LogP contribution in [0.1, 0.15) is 6.92 Å². The van der Waals surface area contributed by atoms with E-state index in [2.05, 4.69) is 15.7 Å². The zero-order valence-corrected chi connectivity index (χ0v) is 14.6. The van der Waals surface area contributed by atoms with E-state index >= 15 is 0 Å². The fourth-order valence-electron chi connectivity index (χ4n) is 2.82. The van der Waals surface area contributed by atoms with Crippen molar-refractivity contribution in [3.05, 3.63) is 47.1 Å². The third kappa shape index (κ3) is 3.57. The maximum absolute atomic E-state index is 12.1. The van der Waals surface area contributed by atoms with E-state index in [-0.39, 0.29) is 17.6 Å². The van der Waals surface area contributed by atoms with E-state index < -0.39 is 0 Å². The Kier molecular flexibility index (Phi) is 4.60. The summed E-state index contributed by atoms with van der Waals surface area (Å²) >= 11 is 0. The molecule has 132 valence electrons. The number of urea groups is 1. The monoisotopic (exact) mass is 342 g/mol. The SMILES string of the molecule is CC(CNC(=O)Nc1ccc2c(c1)n(C)c(=O)n2C)Cn1cccn1. The van der Waals surface area contributed by atoms with E-state index in [1.54, 1.807) is 41.6 Å². The number of carbonyl (C=O) groups is 1. The Morgan fingerprint density at radius 2 is 2.00 bits per heavy atom. The molecule has 0 aliphatic heterocycles. The molecular formula is C17H22N6O2. The Morgan fingerprint density at radius 3 is 2.72 bits per heavy atom. The Labute approximate surface area is 145 Å².